The number of carbonyl (C=O) groups excluding carboxylic acids is 1. The van der Waals surface area contributed by atoms with Crippen LogP contribution in [-0.2, 0) is 0 Å². The summed E-state index contributed by atoms with van der Waals surface area (Å²) < 4.78 is 19.9. The molecule has 2 bridgehead atoms. The van der Waals surface area contributed by atoms with Gasteiger partial charge in [-0.15, -0.1) is 0 Å². The summed E-state index contributed by atoms with van der Waals surface area (Å²) in [6.07, 6.45) is 0.942. The number of aromatic nitrogens is 1. The van der Waals surface area contributed by atoms with E-state index in [-0.39, 0.29) is 18.3 Å². The molecule has 3 N–H and O–H groups in total. The number of benzene rings is 1. The molecule has 2 aromatic rings. The Hall–Kier alpha value is -3.29. The van der Waals surface area contributed by atoms with Gasteiger partial charge in [-0.05, 0) is 43.7 Å². The number of anilines is 1. The molecule has 3 rings (SSSR count). The Morgan fingerprint density at radius 1 is 1.41 bits per heavy atom. The van der Waals surface area contributed by atoms with Crippen LogP contribution in [0.2, 0.25) is 0 Å². The van der Waals surface area contributed by atoms with Crippen molar-refractivity contribution in [3.05, 3.63) is 53.0 Å². The monoisotopic (exact) mass is 397 g/mol. The fourth-order valence-corrected chi connectivity index (χ4v) is 3.54. The van der Waals surface area contributed by atoms with Gasteiger partial charge in [0.15, 0.2) is 11.6 Å². The number of aliphatic imine (C=N–C) groups is 1. The van der Waals surface area contributed by atoms with Crippen LogP contribution in [0.3, 0.4) is 0 Å². The maximum absolute atomic E-state index is 13.9. The highest BCUT2D eigenvalue weighted by Gasteiger charge is 2.28. The first kappa shape index (κ1) is 20.4. The van der Waals surface area contributed by atoms with Crippen LogP contribution in [0, 0.1) is 11.2 Å². The van der Waals surface area contributed by atoms with Crippen molar-refractivity contribution in [1.82, 2.24) is 9.88 Å². The van der Waals surface area contributed by atoms with Crippen molar-refractivity contribution >= 4 is 23.1 Å². The molecule has 1 aromatic heterocycles. The van der Waals surface area contributed by atoms with Crippen molar-refractivity contribution in [1.29, 1.82) is 5.41 Å². The Morgan fingerprint density at radius 2 is 2.14 bits per heavy atom. The summed E-state index contributed by atoms with van der Waals surface area (Å²) in [5.74, 6) is -0.720. The standard InChI is InChI=1S/C21H24FN5O2/c1-11(23)19-13-7-18(20(24)26-9-13)29-12(2)16-8-14(22)5-6-15(16)21(28)27(4)10-17(19)25-3/h5-9,12,19,23H,10H2,1-4H3,(H2,24,26). The Kier molecular flexibility index (Phi) is 5.63. The lowest BCUT2D eigenvalue weighted by Gasteiger charge is -2.27. The molecule has 29 heavy (non-hydrogen) atoms. The average molecular weight is 397 g/mol. The summed E-state index contributed by atoms with van der Waals surface area (Å²) in [6, 6.07) is 5.73. The molecule has 7 nitrogen and oxygen atoms in total. The van der Waals surface area contributed by atoms with Crippen LogP contribution in [-0.4, -0.2) is 47.9 Å². The van der Waals surface area contributed by atoms with Gasteiger partial charge in [0.2, 0.25) is 0 Å². The summed E-state index contributed by atoms with van der Waals surface area (Å²) in [7, 11) is 3.28. The zero-order chi connectivity index (χ0) is 21.3. The van der Waals surface area contributed by atoms with E-state index in [0.29, 0.717) is 33.9 Å². The Morgan fingerprint density at radius 3 is 2.79 bits per heavy atom. The predicted molar refractivity (Wildman–Crippen MR) is 111 cm³/mol. The number of hydrogen-bond donors (Lipinski definition) is 2. The van der Waals surface area contributed by atoms with Crippen LogP contribution in [0.15, 0.2) is 35.5 Å². The van der Waals surface area contributed by atoms with Crippen molar-refractivity contribution < 1.29 is 13.9 Å². The summed E-state index contributed by atoms with van der Waals surface area (Å²) in [4.78, 5) is 23.2. The quantitative estimate of drug-likeness (QED) is 0.721. The summed E-state index contributed by atoms with van der Waals surface area (Å²) >= 11 is 0. The third kappa shape index (κ3) is 3.96. The highest BCUT2D eigenvalue weighted by Crippen LogP contribution is 2.32. The number of pyridine rings is 1. The maximum Gasteiger partial charge on any atom is 0.254 e. The van der Waals surface area contributed by atoms with E-state index in [2.05, 4.69) is 9.98 Å². The van der Waals surface area contributed by atoms with Gasteiger partial charge in [0.1, 0.15) is 11.9 Å². The van der Waals surface area contributed by atoms with E-state index in [4.69, 9.17) is 15.9 Å². The summed E-state index contributed by atoms with van der Waals surface area (Å²) in [5.41, 5.74) is 8.43. The molecule has 2 atom stereocenters. The number of rotatable bonds is 1. The second-order valence-electron chi connectivity index (χ2n) is 7.14. The van der Waals surface area contributed by atoms with Gasteiger partial charge in [0.25, 0.3) is 5.91 Å². The van der Waals surface area contributed by atoms with E-state index >= 15 is 0 Å². The van der Waals surface area contributed by atoms with Crippen LogP contribution in [0.5, 0.6) is 5.75 Å². The van der Waals surface area contributed by atoms with Gasteiger partial charge >= 0.3 is 0 Å². The second kappa shape index (κ2) is 7.98. The van der Waals surface area contributed by atoms with E-state index in [1.807, 2.05) is 0 Å². The zero-order valence-electron chi connectivity index (χ0n) is 16.9. The fraction of sp³-hybridized carbons (Fsp3) is 0.333. The van der Waals surface area contributed by atoms with Crippen LogP contribution < -0.4 is 10.5 Å². The Labute approximate surface area is 168 Å². The normalized spacial score (nSPS) is 21.1. The minimum absolute atomic E-state index is 0.176. The number of nitrogen functional groups attached to an aromatic ring is 1. The predicted octanol–water partition coefficient (Wildman–Crippen LogP) is 3.22. The van der Waals surface area contributed by atoms with Gasteiger partial charge in [-0.3, -0.25) is 9.79 Å². The van der Waals surface area contributed by atoms with Gasteiger partial charge < -0.3 is 20.8 Å². The Bertz CT molecular complexity index is 1000. The van der Waals surface area contributed by atoms with Crippen molar-refractivity contribution in [2.45, 2.75) is 25.9 Å². The molecule has 0 saturated heterocycles. The highest BCUT2D eigenvalue weighted by atomic mass is 19.1. The largest absolute Gasteiger partial charge is 0.482 e. The molecule has 1 aliphatic heterocycles. The van der Waals surface area contributed by atoms with E-state index in [1.165, 1.54) is 23.1 Å². The van der Waals surface area contributed by atoms with Gasteiger partial charge in [-0.25, -0.2) is 9.37 Å². The van der Waals surface area contributed by atoms with Crippen LogP contribution in [0.4, 0.5) is 10.2 Å². The first-order valence-corrected chi connectivity index (χ1v) is 9.20. The molecule has 0 aliphatic carbocycles. The van der Waals surface area contributed by atoms with Gasteiger partial charge in [-0.1, -0.05) is 0 Å². The van der Waals surface area contributed by atoms with E-state index in [1.54, 1.807) is 40.2 Å². The molecule has 0 spiro atoms. The molecule has 2 unspecified atom stereocenters. The second-order valence-corrected chi connectivity index (χ2v) is 7.14. The SMILES string of the molecule is CN=C1CN(C)C(=O)c2ccc(F)cc2C(C)Oc2cc(cnc2N)C1C(C)=N. The Balaban J connectivity index is 2.23. The molecule has 0 saturated carbocycles. The van der Waals surface area contributed by atoms with Crippen molar-refractivity contribution in [3.63, 3.8) is 0 Å². The number of nitrogens with one attached hydrogen (secondary N) is 1. The van der Waals surface area contributed by atoms with Crippen LogP contribution in [0.25, 0.3) is 0 Å². The number of halogens is 1. The lowest BCUT2D eigenvalue weighted by molar-refractivity contribution is 0.0809. The number of nitrogens with zero attached hydrogens (tertiary/aromatic N) is 3. The van der Waals surface area contributed by atoms with Crippen molar-refractivity contribution in [2.75, 3.05) is 26.4 Å². The van der Waals surface area contributed by atoms with Gasteiger partial charge in [0.05, 0.1) is 12.5 Å². The molecule has 1 aliphatic rings. The molecule has 0 radical (unpaired) electrons. The lowest BCUT2D eigenvalue weighted by Crippen LogP contribution is -2.37. The molecule has 0 fully saturated rings. The molecule has 8 heteroatoms. The molecule has 1 amide bonds. The third-order valence-electron chi connectivity index (χ3n) is 5.02. The lowest BCUT2D eigenvalue weighted by atomic mass is 9.90. The van der Waals surface area contributed by atoms with E-state index in [0.717, 1.165) is 0 Å². The number of nitrogens with two attached hydrogens (primary N) is 1. The topological polar surface area (TPSA) is 105 Å². The van der Waals surface area contributed by atoms with Crippen molar-refractivity contribution in [2.24, 2.45) is 4.99 Å². The first-order chi connectivity index (χ1) is 13.7. The first-order valence-electron chi connectivity index (χ1n) is 9.20. The zero-order valence-corrected chi connectivity index (χ0v) is 16.9. The molecule has 2 heterocycles. The number of ether oxygens (including phenoxy) is 1. The number of carbonyl (C=O) groups is 1. The highest BCUT2D eigenvalue weighted by molar-refractivity contribution is 6.12. The maximum atomic E-state index is 13.9. The fourth-order valence-electron chi connectivity index (χ4n) is 3.54. The molecular weight excluding hydrogens is 373 g/mol. The van der Waals surface area contributed by atoms with Crippen LogP contribution >= 0.6 is 0 Å². The summed E-state index contributed by atoms with van der Waals surface area (Å²) in [6.45, 7) is 3.62. The smallest absolute Gasteiger partial charge is 0.254 e. The average Bonchev–Trinajstić information content (AvgIpc) is 2.68. The van der Waals surface area contributed by atoms with E-state index in [9.17, 15) is 9.18 Å². The molecule has 1 aromatic carbocycles. The third-order valence-corrected chi connectivity index (χ3v) is 5.02. The number of fused-ring (bicyclic) bond motifs is 3. The number of hydrogen-bond acceptors (Lipinski definition) is 6. The van der Waals surface area contributed by atoms with Crippen molar-refractivity contribution in [3.8, 4) is 5.75 Å². The summed E-state index contributed by atoms with van der Waals surface area (Å²) in [5, 5.41) is 8.27. The minimum atomic E-state index is -0.643. The number of amides is 1. The van der Waals surface area contributed by atoms with Crippen LogP contribution in [0.1, 0.15) is 47.4 Å². The minimum Gasteiger partial charge on any atom is -0.482 e. The van der Waals surface area contributed by atoms with Gasteiger partial charge in [-0.2, -0.15) is 0 Å². The van der Waals surface area contributed by atoms with Gasteiger partial charge in [0, 0.05) is 42.8 Å². The van der Waals surface area contributed by atoms with E-state index < -0.39 is 17.8 Å². The molecule has 152 valence electrons. The molecular formula is C21H24FN5O2.